The highest BCUT2D eigenvalue weighted by atomic mass is 15.0. The summed E-state index contributed by atoms with van der Waals surface area (Å²) in [6.45, 7) is 3.09. The monoisotopic (exact) mass is 230 g/mol. The minimum Gasteiger partial charge on any atom is -0.344 e. The normalized spacial score (nSPS) is 13.8. The molecule has 1 aliphatic heterocycles. The summed E-state index contributed by atoms with van der Waals surface area (Å²) in [5.74, 6) is 1.17. The first kappa shape index (κ1) is 12.2. The van der Waals surface area contributed by atoms with Crippen LogP contribution in [0.4, 0.5) is 5.69 Å². The number of benzene rings is 1. The van der Waals surface area contributed by atoms with Crippen molar-refractivity contribution in [3.63, 3.8) is 0 Å². The van der Waals surface area contributed by atoms with Gasteiger partial charge in [0.1, 0.15) is 5.84 Å². The van der Waals surface area contributed by atoms with E-state index in [1.54, 1.807) is 0 Å². The van der Waals surface area contributed by atoms with Crippen LogP contribution in [0.15, 0.2) is 29.3 Å². The van der Waals surface area contributed by atoms with Crippen LogP contribution in [0.3, 0.4) is 0 Å². The fraction of sp³-hybridized carbons (Fsp3) is 0.533. The average Bonchev–Trinajstić information content (AvgIpc) is 2.38. The number of fused-ring (bicyclic) bond motifs is 1. The minimum atomic E-state index is 0.841. The van der Waals surface area contributed by atoms with Crippen LogP contribution >= 0.6 is 0 Å². The number of anilines is 1. The van der Waals surface area contributed by atoms with Crippen molar-refractivity contribution in [2.24, 2.45) is 4.99 Å². The van der Waals surface area contributed by atoms with Crippen molar-refractivity contribution in [3.8, 4) is 0 Å². The molecule has 0 bridgehead atoms. The standard InChI is InChI=1S/C15H22N2/c1-2-3-4-5-6-11-15-16-12-13-9-7-8-10-14(13)17-15/h7-10H,2-6,11-12H2,1H3,(H,16,17). The number of nitrogens with zero attached hydrogens (tertiary/aromatic N) is 1. The summed E-state index contributed by atoms with van der Waals surface area (Å²) in [5, 5.41) is 3.44. The van der Waals surface area contributed by atoms with Gasteiger partial charge in [-0.15, -0.1) is 0 Å². The predicted molar refractivity (Wildman–Crippen MR) is 74.6 cm³/mol. The van der Waals surface area contributed by atoms with Crippen LogP contribution in [0.25, 0.3) is 0 Å². The van der Waals surface area contributed by atoms with E-state index in [1.807, 2.05) is 0 Å². The van der Waals surface area contributed by atoms with Crippen LogP contribution in [-0.4, -0.2) is 5.84 Å². The molecule has 0 spiro atoms. The Morgan fingerprint density at radius 3 is 2.82 bits per heavy atom. The molecule has 1 aliphatic rings. The van der Waals surface area contributed by atoms with Crippen molar-refractivity contribution in [2.75, 3.05) is 5.32 Å². The van der Waals surface area contributed by atoms with E-state index in [0.717, 1.165) is 13.0 Å². The van der Waals surface area contributed by atoms with Gasteiger partial charge in [-0.05, 0) is 18.1 Å². The third-order valence-corrected chi connectivity index (χ3v) is 3.25. The van der Waals surface area contributed by atoms with E-state index in [4.69, 9.17) is 0 Å². The lowest BCUT2D eigenvalue weighted by Gasteiger charge is -2.18. The van der Waals surface area contributed by atoms with Gasteiger partial charge in [0.05, 0.1) is 6.54 Å². The number of para-hydroxylation sites is 1. The molecule has 0 saturated heterocycles. The van der Waals surface area contributed by atoms with Gasteiger partial charge in [-0.25, -0.2) is 0 Å². The molecule has 2 heteroatoms. The van der Waals surface area contributed by atoms with Crippen LogP contribution in [0.1, 0.15) is 51.0 Å². The number of rotatable bonds is 6. The molecule has 0 aromatic heterocycles. The zero-order valence-corrected chi connectivity index (χ0v) is 10.7. The number of amidine groups is 1. The van der Waals surface area contributed by atoms with Crippen molar-refractivity contribution in [1.82, 2.24) is 0 Å². The van der Waals surface area contributed by atoms with Gasteiger partial charge < -0.3 is 5.32 Å². The molecular formula is C15H22N2. The lowest BCUT2D eigenvalue weighted by Crippen LogP contribution is -2.17. The van der Waals surface area contributed by atoms with Crippen LogP contribution < -0.4 is 5.32 Å². The molecule has 0 unspecified atom stereocenters. The number of hydrogen-bond acceptors (Lipinski definition) is 2. The molecule has 92 valence electrons. The summed E-state index contributed by atoms with van der Waals surface area (Å²) in [7, 11) is 0. The summed E-state index contributed by atoms with van der Waals surface area (Å²) in [4.78, 5) is 4.59. The lowest BCUT2D eigenvalue weighted by molar-refractivity contribution is 0.642. The Morgan fingerprint density at radius 1 is 1.12 bits per heavy atom. The zero-order valence-electron chi connectivity index (χ0n) is 10.7. The lowest BCUT2D eigenvalue weighted by atomic mass is 10.1. The second kappa shape index (κ2) is 6.43. The van der Waals surface area contributed by atoms with E-state index in [1.165, 1.54) is 49.2 Å². The first-order chi connectivity index (χ1) is 8.40. The van der Waals surface area contributed by atoms with Gasteiger partial charge in [0.2, 0.25) is 0 Å². The summed E-state index contributed by atoms with van der Waals surface area (Å²) in [5.41, 5.74) is 2.55. The summed E-state index contributed by atoms with van der Waals surface area (Å²) in [6.07, 6.45) is 7.72. The third kappa shape index (κ3) is 3.58. The number of hydrogen-bond donors (Lipinski definition) is 1. The molecule has 0 atom stereocenters. The second-order valence-corrected chi connectivity index (χ2v) is 4.71. The Bertz CT molecular complexity index is 382. The fourth-order valence-corrected chi connectivity index (χ4v) is 2.19. The Hall–Kier alpha value is -1.31. The van der Waals surface area contributed by atoms with Gasteiger partial charge in [-0.2, -0.15) is 0 Å². The van der Waals surface area contributed by atoms with Crippen LogP contribution in [-0.2, 0) is 6.54 Å². The summed E-state index contributed by atoms with van der Waals surface area (Å²) < 4.78 is 0. The Labute approximate surface area is 104 Å². The quantitative estimate of drug-likeness (QED) is 0.721. The Kier molecular flexibility index (Phi) is 4.60. The molecule has 2 nitrogen and oxygen atoms in total. The SMILES string of the molecule is CCCCCCCC1=NCc2ccccc2N1. The Morgan fingerprint density at radius 2 is 1.94 bits per heavy atom. The molecule has 0 amide bonds. The molecule has 0 saturated carbocycles. The van der Waals surface area contributed by atoms with Gasteiger partial charge >= 0.3 is 0 Å². The van der Waals surface area contributed by atoms with Crippen molar-refractivity contribution >= 4 is 11.5 Å². The number of aliphatic imine (C=N–C) groups is 1. The first-order valence-corrected chi connectivity index (χ1v) is 6.78. The molecular weight excluding hydrogens is 208 g/mol. The van der Waals surface area contributed by atoms with Crippen molar-refractivity contribution in [3.05, 3.63) is 29.8 Å². The first-order valence-electron chi connectivity index (χ1n) is 6.78. The van der Waals surface area contributed by atoms with E-state index in [0.29, 0.717) is 0 Å². The van der Waals surface area contributed by atoms with Gasteiger partial charge in [0.25, 0.3) is 0 Å². The van der Waals surface area contributed by atoms with Gasteiger partial charge in [-0.1, -0.05) is 50.8 Å². The van der Waals surface area contributed by atoms with E-state index < -0.39 is 0 Å². The van der Waals surface area contributed by atoms with E-state index >= 15 is 0 Å². The number of unbranched alkanes of at least 4 members (excludes halogenated alkanes) is 4. The van der Waals surface area contributed by atoms with E-state index in [9.17, 15) is 0 Å². The van der Waals surface area contributed by atoms with Gasteiger partial charge in [0, 0.05) is 12.1 Å². The smallest absolute Gasteiger partial charge is 0.101 e. The minimum absolute atomic E-state index is 0.841. The number of nitrogens with one attached hydrogen (secondary N) is 1. The highest BCUT2D eigenvalue weighted by molar-refractivity contribution is 5.97. The molecule has 1 N–H and O–H groups in total. The maximum Gasteiger partial charge on any atom is 0.101 e. The third-order valence-electron chi connectivity index (χ3n) is 3.25. The zero-order chi connectivity index (χ0) is 11.9. The highest BCUT2D eigenvalue weighted by Crippen LogP contribution is 2.21. The van der Waals surface area contributed by atoms with Crippen LogP contribution in [0, 0.1) is 0 Å². The van der Waals surface area contributed by atoms with Crippen LogP contribution in [0.5, 0.6) is 0 Å². The molecule has 1 aromatic rings. The summed E-state index contributed by atoms with van der Waals surface area (Å²) in [6, 6.07) is 8.44. The second-order valence-electron chi connectivity index (χ2n) is 4.71. The van der Waals surface area contributed by atoms with Crippen LogP contribution in [0.2, 0.25) is 0 Å². The molecule has 0 fully saturated rings. The topological polar surface area (TPSA) is 24.4 Å². The molecule has 0 radical (unpaired) electrons. The summed E-state index contributed by atoms with van der Waals surface area (Å²) >= 11 is 0. The molecule has 0 aliphatic carbocycles. The molecule has 17 heavy (non-hydrogen) atoms. The molecule has 2 rings (SSSR count). The Balaban J connectivity index is 1.75. The molecule has 1 heterocycles. The molecule has 1 aromatic carbocycles. The van der Waals surface area contributed by atoms with Crippen molar-refractivity contribution < 1.29 is 0 Å². The van der Waals surface area contributed by atoms with Crippen molar-refractivity contribution in [1.29, 1.82) is 0 Å². The predicted octanol–water partition coefficient (Wildman–Crippen LogP) is 4.37. The van der Waals surface area contributed by atoms with E-state index in [-0.39, 0.29) is 0 Å². The van der Waals surface area contributed by atoms with Gasteiger partial charge in [-0.3, -0.25) is 4.99 Å². The largest absolute Gasteiger partial charge is 0.344 e. The average molecular weight is 230 g/mol. The highest BCUT2D eigenvalue weighted by Gasteiger charge is 2.09. The fourth-order valence-electron chi connectivity index (χ4n) is 2.19. The maximum atomic E-state index is 4.59. The maximum absolute atomic E-state index is 4.59. The van der Waals surface area contributed by atoms with E-state index in [2.05, 4.69) is 41.5 Å². The van der Waals surface area contributed by atoms with Crippen molar-refractivity contribution in [2.45, 2.75) is 52.0 Å². The van der Waals surface area contributed by atoms with Gasteiger partial charge in [0.15, 0.2) is 0 Å².